The maximum atomic E-state index is 15.3. The van der Waals surface area contributed by atoms with Gasteiger partial charge in [0.25, 0.3) is 0 Å². The highest BCUT2D eigenvalue weighted by atomic mass is 19.1. The van der Waals surface area contributed by atoms with Crippen LogP contribution >= 0.6 is 0 Å². The smallest absolute Gasteiger partial charge is 0.320 e. The second-order valence-corrected chi connectivity index (χ2v) is 10.4. The number of hydrogen-bond donors (Lipinski definition) is 2. The summed E-state index contributed by atoms with van der Waals surface area (Å²) in [6, 6.07) is 3.14. The number of carbonyl (C=O) groups is 3. The van der Waals surface area contributed by atoms with Gasteiger partial charge in [0.1, 0.15) is 11.5 Å². The van der Waals surface area contributed by atoms with Gasteiger partial charge in [-0.1, -0.05) is 33.1 Å². The summed E-state index contributed by atoms with van der Waals surface area (Å²) in [6.45, 7) is 6.70. The van der Waals surface area contributed by atoms with Crippen molar-refractivity contribution >= 4 is 40.1 Å². The van der Waals surface area contributed by atoms with E-state index in [1.165, 1.54) is 17.4 Å². The molecular formula is C30H43FN4O6. The number of fused-ring (bicyclic) bond motifs is 1. The van der Waals surface area contributed by atoms with E-state index in [2.05, 4.69) is 10.6 Å². The van der Waals surface area contributed by atoms with Gasteiger partial charge in [-0.3, -0.25) is 24.1 Å². The minimum Gasteiger partial charge on any atom is -0.465 e. The number of nitrogens with one attached hydrogen (secondary N) is 2. The molecule has 1 saturated carbocycles. The largest absolute Gasteiger partial charge is 0.465 e. The third-order valence-electron chi connectivity index (χ3n) is 7.38. The van der Waals surface area contributed by atoms with Crippen molar-refractivity contribution < 1.29 is 28.2 Å². The van der Waals surface area contributed by atoms with Crippen molar-refractivity contribution in [3.63, 3.8) is 0 Å². The highest BCUT2D eigenvalue weighted by Gasteiger charge is 2.23. The number of esters is 2. The van der Waals surface area contributed by atoms with Crippen LogP contribution in [0.5, 0.6) is 0 Å². The van der Waals surface area contributed by atoms with Gasteiger partial charge in [0.2, 0.25) is 11.3 Å². The van der Waals surface area contributed by atoms with Crippen molar-refractivity contribution in [2.45, 2.75) is 84.7 Å². The lowest BCUT2D eigenvalue weighted by molar-refractivity contribution is -0.148. The van der Waals surface area contributed by atoms with Gasteiger partial charge < -0.3 is 24.7 Å². The zero-order valence-electron chi connectivity index (χ0n) is 24.6. The average Bonchev–Trinajstić information content (AvgIpc) is 2.93. The number of rotatable bonds is 14. The zero-order chi connectivity index (χ0) is 29.9. The van der Waals surface area contributed by atoms with Crippen molar-refractivity contribution in [3.05, 3.63) is 34.4 Å². The summed E-state index contributed by atoms with van der Waals surface area (Å²) >= 11 is 0. The van der Waals surface area contributed by atoms with Crippen LogP contribution in [-0.4, -0.2) is 66.2 Å². The molecule has 41 heavy (non-hydrogen) atoms. The van der Waals surface area contributed by atoms with E-state index >= 15 is 4.39 Å². The molecule has 0 saturated heterocycles. The highest BCUT2D eigenvalue weighted by molar-refractivity contribution is 5.95. The number of pyridine rings is 1. The van der Waals surface area contributed by atoms with Crippen molar-refractivity contribution in [1.29, 1.82) is 0 Å². The van der Waals surface area contributed by atoms with E-state index in [0.29, 0.717) is 11.2 Å². The molecule has 1 aliphatic carbocycles. The van der Waals surface area contributed by atoms with E-state index in [1.807, 2.05) is 18.4 Å². The number of halogens is 1. The van der Waals surface area contributed by atoms with Crippen LogP contribution in [0.1, 0.15) is 78.7 Å². The summed E-state index contributed by atoms with van der Waals surface area (Å²) in [6.07, 6.45) is 8.47. The molecule has 0 aliphatic heterocycles. The van der Waals surface area contributed by atoms with E-state index in [1.54, 1.807) is 26.1 Å². The van der Waals surface area contributed by atoms with Crippen LogP contribution in [-0.2, 0) is 23.9 Å². The number of aromatic nitrogens is 1. The predicted octanol–water partition coefficient (Wildman–Crippen LogP) is 4.61. The Bertz CT molecular complexity index is 1250. The van der Waals surface area contributed by atoms with E-state index < -0.39 is 29.1 Å². The lowest BCUT2D eigenvalue weighted by Crippen LogP contribution is -2.41. The highest BCUT2D eigenvalue weighted by Crippen LogP contribution is 2.29. The summed E-state index contributed by atoms with van der Waals surface area (Å²) in [5, 5.41) is 6.13. The maximum absolute atomic E-state index is 15.3. The Balaban J connectivity index is 1.93. The van der Waals surface area contributed by atoms with Crippen LogP contribution in [0.25, 0.3) is 10.9 Å². The molecule has 11 heteroatoms. The van der Waals surface area contributed by atoms with Crippen LogP contribution in [0.15, 0.2) is 23.1 Å². The quantitative estimate of drug-likeness (QED) is 0.314. The Labute approximate surface area is 240 Å². The van der Waals surface area contributed by atoms with Crippen molar-refractivity contribution in [1.82, 2.24) is 9.47 Å². The molecular weight excluding hydrogens is 531 g/mol. The van der Waals surface area contributed by atoms with Crippen LogP contribution in [0.2, 0.25) is 0 Å². The molecule has 0 atom stereocenters. The molecule has 3 rings (SSSR count). The number of ether oxygens (including phenoxy) is 2. The minimum absolute atomic E-state index is 0.00544. The lowest BCUT2D eigenvalue weighted by atomic mass is 9.95. The van der Waals surface area contributed by atoms with Gasteiger partial charge in [-0.05, 0) is 51.7 Å². The Morgan fingerprint density at radius 3 is 2.12 bits per heavy atom. The summed E-state index contributed by atoms with van der Waals surface area (Å²) in [7, 11) is 0. The maximum Gasteiger partial charge on any atom is 0.320 e. The van der Waals surface area contributed by atoms with E-state index in [-0.39, 0.29) is 56.0 Å². The summed E-state index contributed by atoms with van der Waals surface area (Å²) in [4.78, 5) is 52.0. The second kappa shape index (κ2) is 15.5. The molecule has 1 aromatic heterocycles. The normalized spacial score (nSPS) is 13.9. The molecule has 0 unspecified atom stereocenters. The Hall–Kier alpha value is -3.47. The number of hydrogen-bond acceptors (Lipinski definition) is 8. The first-order chi connectivity index (χ1) is 19.7. The average molecular weight is 575 g/mol. The number of carbonyl (C=O) groups excluding carboxylic acids is 3. The third kappa shape index (κ3) is 8.76. The lowest BCUT2D eigenvalue weighted by Gasteiger charge is -2.26. The zero-order valence-corrected chi connectivity index (χ0v) is 24.6. The monoisotopic (exact) mass is 574 g/mol. The van der Waals surface area contributed by atoms with Gasteiger partial charge in [-0.25, -0.2) is 4.39 Å². The molecule has 1 aliphatic rings. The molecule has 2 N–H and O–H groups in total. The van der Waals surface area contributed by atoms with E-state index in [9.17, 15) is 19.2 Å². The Morgan fingerprint density at radius 2 is 1.56 bits per heavy atom. The molecule has 0 radical (unpaired) electrons. The van der Waals surface area contributed by atoms with E-state index in [4.69, 9.17) is 9.47 Å². The first-order valence-electron chi connectivity index (χ1n) is 14.7. The van der Waals surface area contributed by atoms with Gasteiger partial charge in [0.05, 0.1) is 49.4 Å². The third-order valence-corrected chi connectivity index (χ3v) is 7.38. The summed E-state index contributed by atoms with van der Waals surface area (Å²) < 4.78 is 27.1. The first kappa shape index (κ1) is 32.0. The molecule has 1 aromatic carbocycles. The van der Waals surface area contributed by atoms with Crippen molar-refractivity contribution in [2.75, 3.05) is 43.5 Å². The van der Waals surface area contributed by atoms with Gasteiger partial charge in [-0.15, -0.1) is 0 Å². The van der Waals surface area contributed by atoms with Crippen LogP contribution in [0.3, 0.4) is 0 Å². The topological polar surface area (TPSA) is 119 Å². The van der Waals surface area contributed by atoms with Gasteiger partial charge in [0, 0.05) is 18.3 Å². The molecule has 226 valence electrons. The number of benzene rings is 1. The van der Waals surface area contributed by atoms with Crippen molar-refractivity contribution in [2.24, 2.45) is 0 Å². The van der Waals surface area contributed by atoms with Crippen LogP contribution < -0.4 is 16.1 Å². The Kier molecular flexibility index (Phi) is 12.1. The number of nitrogens with zero attached hydrogens (tertiary/aromatic N) is 2. The predicted molar refractivity (Wildman–Crippen MR) is 157 cm³/mol. The molecule has 1 amide bonds. The van der Waals surface area contributed by atoms with Crippen LogP contribution in [0.4, 0.5) is 15.8 Å². The number of anilines is 2. The summed E-state index contributed by atoms with van der Waals surface area (Å²) in [5.41, 5.74) is 0.441. The standard InChI is InChI=1S/C30H43FN4O6/c1-5-21(6-2)35-16-25(33-27(36)17-34(18-28(37)40-7-3)19-29(38)41-8-4)30(39)22-14-23(31)24(15-26(22)35)32-20-12-10-9-11-13-20/h14-16,20-21,32H,5-13,17-19H2,1-4H3,(H,33,36). The van der Waals surface area contributed by atoms with E-state index in [0.717, 1.165) is 38.5 Å². The number of amides is 1. The summed E-state index contributed by atoms with van der Waals surface area (Å²) in [5.74, 6) is -2.32. The fraction of sp³-hybridized carbons (Fsp3) is 0.600. The van der Waals surface area contributed by atoms with Gasteiger partial charge in [-0.2, -0.15) is 0 Å². The molecule has 0 spiro atoms. The molecule has 1 heterocycles. The fourth-order valence-electron chi connectivity index (χ4n) is 5.36. The van der Waals surface area contributed by atoms with Crippen molar-refractivity contribution in [3.8, 4) is 0 Å². The Morgan fingerprint density at radius 1 is 0.951 bits per heavy atom. The SMILES string of the molecule is CCOC(=O)CN(CC(=O)Nc1cn(C(CC)CC)c2cc(NC3CCCCC3)c(F)cc2c1=O)CC(=O)OCC. The van der Waals surface area contributed by atoms with Crippen LogP contribution in [0, 0.1) is 5.82 Å². The molecule has 0 bridgehead atoms. The molecule has 10 nitrogen and oxygen atoms in total. The fourth-order valence-corrected chi connectivity index (χ4v) is 5.36. The first-order valence-corrected chi connectivity index (χ1v) is 14.7. The van der Waals surface area contributed by atoms with Gasteiger partial charge in [0.15, 0.2) is 0 Å². The second-order valence-electron chi connectivity index (χ2n) is 10.4. The molecule has 1 fully saturated rings. The van der Waals surface area contributed by atoms with Gasteiger partial charge >= 0.3 is 11.9 Å². The molecule has 2 aromatic rings. The minimum atomic E-state index is -0.609.